The lowest BCUT2D eigenvalue weighted by Crippen LogP contribution is -2.55. The number of hydrogen-bond acceptors (Lipinski definition) is 6. The molecule has 3 atom stereocenters. The quantitative estimate of drug-likeness (QED) is 0.307. The molecule has 230 valence electrons. The highest BCUT2D eigenvalue weighted by atomic mass is 16.6. The molecule has 3 amide bonds. The van der Waals surface area contributed by atoms with Crippen molar-refractivity contribution in [3.8, 4) is 12.3 Å². The maximum atomic E-state index is 14.2. The van der Waals surface area contributed by atoms with Crippen molar-refractivity contribution in [2.45, 2.75) is 103 Å². The first-order valence-corrected chi connectivity index (χ1v) is 14.5. The first-order chi connectivity index (χ1) is 20.1. The molecule has 1 saturated carbocycles. The second-order valence-electron chi connectivity index (χ2n) is 12.8. The number of esters is 1. The molecule has 0 heterocycles. The van der Waals surface area contributed by atoms with Crippen LogP contribution in [-0.4, -0.2) is 58.1 Å². The topological polar surface area (TPSA) is 114 Å². The van der Waals surface area contributed by atoms with Crippen LogP contribution in [-0.2, 0) is 30.3 Å². The summed E-state index contributed by atoms with van der Waals surface area (Å²) >= 11 is 0. The molecule has 0 radical (unpaired) electrons. The molecule has 1 aliphatic rings. The van der Waals surface area contributed by atoms with Crippen molar-refractivity contribution in [2.75, 3.05) is 0 Å². The third kappa shape index (κ3) is 10.2. The van der Waals surface area contributed by atoms with Gasteiger partial charge in [0.25, 0.3) is 0 Å². The largest absolute Gasteiger partial charge is 0.458 e. The summed E-state index contributed by atoms with van der Waals surface area (Å²) < 4.78 is 11.0. The van der Waals surface area contributed by atoms with Gasteiger partial charge in [0.1, 0.15) is 29.3 Å². The van der Waals surface area contributed by atoms with E-state index in [2.05, 4.69) is 16.6 Å². The minimum atomic E-state index is -1.10. The molecule has 3 unspecified atom stereocenters. The van der Waals surface area contributed by atoms with Gasteiger partial charge in [-0.05, 0) is 84.6 Å². The number of amides is 3. The third-order valence-electron chi connectivity index (χ3n) is 6.51. The number of nitrogens with one attached hydrogen (secondary N) is 2. The van der Waals surface area contributed by atoms with E-state index < -0.39 is 53.2 Å². The second kappa shape index (κ2) is 13.8. The molecular formula is C34H43N3O6. The Bertz CT molecular complexity index is 1330. The molecule has 9 nitrogen and oxygen atoms in total. The van der Waals surface area contributed by atoms with Crippen LogP contribution in [0.25, 0.3) is 0 Å². The summed E-state index contributed by atoms with van der Waals surface area (Å²) in [6.07, 6.45) is 6.39. The van der Waals surface area contributed by atoms with E-state index in [0.717, 1.165) is 5.56 Å². The summed E-state index contributed by atoms with van der Waals surface area (Å²) in [6.45, 7) is 12.0. The van der Waals surface area contributed by atoms with Gasteiger partial charge in [-0.3, -0.25) is 9.59 Å². The molecule has 2 N–H and O–H groups in total. The van der Waals surface area contributed by atoms with Crippen LogP contribution in [0.2, 0.25) is 0 Å². The molecule has 2 aromatic carbocycles. The summed E-state index contributed by atoms with van der Waals surface area (Å²) in [5, 5.41) is 5.48. The number of benzene rings is 2. The predicted molar refractivity (Wildman–Crippen MR) is 164 cm³/mol. The van der Waals surface area contributed by atoms with Crippen LogP contribution in [0.5, 0.6) is 0 Å². The SMILES string of the molecule is C#Cc1ccc(C(C(=O)NC(Cc2ccccc2)C(=O)OC(C)(C)C)N(C(=O)C(C)NC(=O)OC(C)(C)C)C2CC2)cc1. The first kappa shape index (κ1) is 33.2. The van der Waals surface area contributed by atoms with Gasteiger partial charge in [-0.1, -0.05) is 48.4 Å². The molecule has 43 heavy (non-hydrogen) atoms. The zero-order valence-electron chi connectivity index (χ0n) is 26.1. The lowest BCUT2D eigenvalue weighted by atomic mass is 9.99. The number of hydrogen-bond donors (Lipinski definition) is 2. The Hall–Kier alpha value is -4.32. The predicted octanol–water partition coefficient (Wildman–Crippen LogP) is 4.68. The van der Waals surface area contributed by atoms with E-state index in [0.29, 0.717) is 24.0 Å². The number of rotatable bonds is 10. The summed E-state index contributed by atoms with van der Waals surface area (Å²) in [4.78, 5) is 55.4. The van der Waals surface area contributed by atoms with E-state index in [1.807, 2.05) is 30.3 Å². The van der Waals surface area contributed by atoms with E-state index in [-0.39, 0.29) is 12.5 Å². The fourth-order valence-corrected chi connectivity index (χ4v) is 4.51. The van der Waals surface area contributed by atoms with Gasteiger partial charge >= 0.3 is 12.1 Å². The van der Waals surface area contributed by atoms with E-state index >= 15 is 0 Å². The fourth-order valence-electron chi connectivity index (χ4n) is 4.51. The van der Waals surface area contributed by atoms with Crippen molar-refractivity contribution >= 4 is 23.9 Å². The zero-order chi connectivity index (χ0) is 31.9. The number of nitrogens with zero attached hydrogens (tertiary/aromatic N) is 1. The Labute approximate surface area is 254 Å². The maximum absolute atomic E-state index is 14.2. The molecule has 3 rings (SSSR count). The zero-order valence-corrected chi connectivity index (χ0v) is 26.1. The van der Waals surface area contributed by atoms with Gasteiger partial charge in [-0.15, -0.1) is 6.42 Å². The van der Waals surface area contributed by atoms with Crippen LogP contribution in [0, 0.1) is 12.3 Å². The standard InChI is InChI=1S/C34H43N3O6/c1-9-23-15-17-25(18-16-23)28(37(26-19-20-26)30(39)22(2)35-32(41)43-34(6,7)8)29(38)36-27(31(40)42-33(3,4)5)21-24-13-11-10-12-14-24/h1,10-18,22,26-28H,19-21H2,2-8H3,(H,35,41)(H,36,38). The molecule has 0 aliphatic heterocycles. The van der Waals surface area contributed by atoms with Crippen molar-refractivity contribution in [1.29, 1.82) is 0 Å². The minimum Gasteiger partial charge on any atom is -0.458 e. The molecule has 1 aliphatic carbocycles. The van der Waals surface area contributed by atoms with Crippen molar-refractivity contribution in [3.05, 3.63) is 71.3 Å². The minimum absolute atomic E-state index is 0.193. The van der Waals surface area contributed by atoms with E-state index in [1.54, 1.807) is 72.7 Å². The smallest absolute Gasteiger partial charge is 0.408 e. The number of carbonyl (C=O) groups excluding carboxylic acids is 4. The Morgan fingerprint density at radius 3 is 2.00 bits per heavy atom. The van der Waals surface area contributed by atoms with Crippen LogP contribution in [0.4, 0.5) is 4.79 Å². The van der Waals surface area contributed by atoms with Crippen LogP contribution in [0.15, 0.2) is 54.6 Å². The Morgan fingerprint density at radius 1 is 0.907 bits per heavy atom. The molecule has 0 saturated heterocycles. The van der Waals surface area contributed by atoms with Crippen molar-refractivity contribution < 1.29 is 28.7 Å². The van der Waals surface area contributed by atoms with Crippen LogP contribution in [0.1, 0.15) is 84.0 Å². The highest BCUT2D eigenvalue weighted by molar-refractivity contribution is 5.94. The normalized spacial score (nSPS) is 15.2. The molecule has 9 heteroatoms. The fraction of sp³-hybridized carbons (Fsp3) is 0.471. The number of terminal acetylenes is 1. The highest BCUT2D eigenvalue weighted by Gasteiger charge is 2.44. The summed E-state index contributed by atoms with van der Waals surface area (Å²) in [7, 11) is 0. The molecule has 0 spiro atoms. The number of carbonyl (C=O) groups is 4. The summed E-state index contributed by atoms with van der Waals surface area (Å²) in [5.41, 5.74) is 0.435. The first-order valence-electron chi connectivity index (χ1n) is 14.5. The lowest BCUT2D eigenvalue weighted by molar-refractivity contribution is -0.159. The van der Waals surface area contributed by atoms with Crippen molar-refractivity contribution in [1.82, 2.24) is 15.5 Å². The Kier molecular flexibility index (Phi) is 10.6. The van der Waals surface area contributed by atoms with Gasteiger partial charge in [0.2, 0.25) is 11.8 Å². The maximum Gasteiger partial charge on any atom is 0.408 e. The lowest BCUT2D eigenvalue weighted by Gasteiger charge is -2.35. The summed E-state index contributed by atoms with van der Waals surface area (Å²) in [5.74, 6) is 0.969. The van der Waals surface area contributed by atoms with Gasteiger partial charge in [0.15, 0.2) is 0 Å². The Balaban J connectivity index is 1.97. The van der Waals surface area contributed by atoms with Crippen LogP contribution >= 0.6 is 0 Å². The van der Waals surface area contributed by atoms with Crippen LogP contribution in [0.3, 0.4) is 0 Å². The van der Waals surface area contributed by atoms with Crippen LogP contribution < -0.4 is 10.6 Å². The van der Waals surface area contributed by atoms with Gasteiger partial charge < -0.3 is 25.0 Å². The van der Waals surface area contributed by atoms with Crippen molar-refractivity contribution in [3.63, 3.8) is 0 Å². The monoisotopic (exact) mass is 589 g/mol. The molecule has 0 aromatic heterocycles. The molecular weight excluding hydrogens is 546 g/mol. The number of alkyl carbamates (subject to hydrolysis) is 1. The van der Waals surface area contributed by atoms with Gasteiger partial charge in [0.05, 0.1) is 0 Å². The van der Waals surface area contributed by atoms with E-state index in [9.17, 15) is 19.2 Å². The second-order valence-corrected chi connectivity index (χ2v) is 12.8. The summed E-state index contributed by atoms with van der Waals surface area (Å²) in [6, 6.07) is 12.8. The number of ether oxygens (including phenoxy) is 2. The van der Waals surface area contributed by atoms with E-state index in [1.165, 1.54) is 4.90 Å². The average Bonchev–Trinajstić information content (AvgIpc) is 3.74. The van der Waals surface area contributed by atoms with Gasteiger partial charge in [-0.25, -0.2) is 9.59 Å². The average molecular weight is 590 g/mol. The van der Waals surface area contributed by atoms with Gasteiger partial charge in [-0.2, -0.15) is 0 Å². The highest BCUT2D eigenvalue weighted by Crippen LogP contribution is 2.36. The van der Waals surface area contributed by atoms with Crippen molar-refractivity contribution in [2.24, 2.45) is 0 Å². The Morgan fingerprint density at radius 2 is 1.49 bits per heavy atom. The third-order valence-corrected chi connectivity index (χ3v) is 6.51. The molecule has 1 fully saturated rings. The van der Waals surface area contributed by atoms with Gasteiger partial charge in [0, 0.05) is 18.0 Å². The molecule has 2 aromatic rings. The van der Waals surface area contributed by atoms with E-state index in [4.69, 9.17) is 15.9 Å². The molecule has 0 bridgehead atoms.